The lowest BCUT2D eigenvalue weighted by molar-refractivity contribution is 0.0745. The Morgan fingerprint density at radius 3 is 2.50 bits per heavy atom. The van der Waals surface area contributed by atoms with Gasteiger partial charge in [-0.25, -0.2) is 0 Å². The molecule has 0 aromatic heterocycles. The van der Waals surface area contributed by atoms with Gasteiger partial charge in [-0.05, 0) is 32.6 Å². The maximum absolute atomic E-state index is 12.6. The van der Waals surface area contributed by atoms with E-state index in [2.05, 4.69) is 11.8 Å². The van der Waals surface area contributed by atoms with E-state index in [0.29, 0.717) is 23.5 Å². The summed E-state index contributed by atoms with van der Waals surface area (Å²) in [5.74, 6) is 0.505. The molecule has 0 heterocycles. The van der Waals surface area contributed by atoms with E-state index in [4.69, 9.17) is 10.5 Å². The Bertz CT molecular complexity index is 447. The molecule has 0 bridgehead atoms. The van der Waals surface area contributed by atoms with Crippen LogP contribution in [-0.2, 0) is 0 Å². The third-order valence-electron chi connectivity index (χ3n) is 3.11. The molecule has 2 N–H and O–H groups in total. The molecule has 1 aromatic rings. The molecule has 0 spiro atoms. The highest BCUT2D eigenvalue weighted by Crippen LogP contribution is 2.25. The van der Waals surface area contributed by atoms with Crippen molar-refractivity contribution in [3.63, 3.8) is 0 Å². The molecule has 0 saturated carbocycles. The van der Waals surface area contributed by atoms with Crippen molar-refractivity contribution in [1.29, 1.82) is 0 Å². The van der Waals surface area contributed by atoms with Gasteiger partial charge in [-0.3, -0.25) is 4.79 Å². The van der Waals surface area contributed by atoms with E-state index in [9.17, 15) is 4.79 Å². The summed E-state index contributed by atoms with van der Waals surface area (Å²) >= 11 is 0. The zero-order valence-electron chi connectivity index (χ0n) is 12.8. The second kappa shape index (κ2) is 7.75. The van der Waals surface area contributed by atoms with Crippen LogP contribution in [0.5, 0.6) is 5.75 Å². The SMILES string of the molecule is CCCN(CCN(C)C)C(=O)c1cccc(OC)c1N. The molecule has 0 radical (unpaired) electrons. The Hall–Kier alpha value is -1.75. The van der Waals surface area contributed by atoms with Gasteiger partial charge in [-0.15, -0.1) is 0 Å². The van der Waals surface area contributed by atoms with Gasteiger partial charge in [0.15, 0.2) is 0 Å². The van der Waals surface area contributed by atoms with E-state index in [1.165, 1.54) is 0 Å². The number of anilines is 1. The molecule has 0 saturated heterocycles. The van der Waals surface area contributed by atoms with Gasteiger partial charge in [0.1, 0.15) is 5.75 Å². The fraction of sp³-hybridized carbons (Fsp3) is 0.533. The second-order valence-electron chi connectivity index (χ2n) is 5.02. The van der Waals surface area contributed by atoms with Crippen molar-refractivity contribution >= 4 is 11.6 Å². The van der Waals surface area contributed by atoms with E-state index in [0.717, 1.165) is 19.5 Å². The van der Waals surface area contributed by atoms with Crippen LogP contribution in [-0.4, -0.2) is 56.5 Å². The van der Waals surface area contributed by atoms with E-state index in [1.54, 1.807) is 25.3 Å². The highest BCUT2D eigenvalue weighted by Gasteiger charge is 2.19. The maximum atomic E-state index is 12.6. The third kappa shape index (κ3) is 4.13. The normalized spacial score (nSPS) is 10.7. The first-order chi connectivity index (χ1) is 9.51. The third-order valence-corrected chi connectivity index (χ3v) is 3.11. The summed E-state index contributed by atoms with van der Waals surface area (Å²) in [6, 6.07) is 5.30. The molecule has 20 heavy (non-hydrogen) atoms. The minimum Gasteiger partial charge on any atom is -0.495 e. The Kier molecular flexibility index (Phi) is 6.31. The molecule has 0 aliphatic carbocycles. The van der Waals surface area contributed by atoms with Crippen molar-refractivity contribution in [2.24, 2.45) is 0 Å². The summed E-state index contributed by atoms with van der Waals surface area (Å²) in [6.07, 6.45) is 0.920. The molecule has 0 atom stereocenters. The molecule has 0 aliphatic heterocycles. The van der Waals surface area contributed by atoms with Crippen LogP contribution in [0.25, 0.3) is 0 Å². The van der Waals surface area contributed by atoms with Crippen LogP contribution < -0.4 is 10.5 Å². The predicted octanol–water partition coefficient (Wildman–Crippen LogP) is 1.69. The summed E-state index contributed by atoms with van der Waals surface area (Å²) < 4.78 is 5.17. The fourth-order valence-corrected chi connectivity index (χ4v) is 1.98. The number of carbonyl (C=O) groups is 1. The Labute approximate surface area is 121 Å². The fourth-order valence-electron chi connectivity index (χ4n) is 1.98. The van der Waals surface area contributed by atoms with Gasteiger partial charge in [-0.1, -0.05) is 13.0 Å². The van der Waals surface area contributed by atoms with E-state index in [1.807, 2.05) is 19.0 Å². The summed E-state index contributed by atoms with van der Waals surface area (Å²) in [4.78, 5) is 16.5. The van der Waals surface area contributed by atoms with Gasteiger partial charge < -0.3 is 20.3 Å². The number of nitrogens with zero attached hydrogens (tertiary/aromatic N) is 2. The second-order valence-corrected chi connectivity index (χ2v) is 5.02. The predicted molar refractivity (Wildman–Crippen MR) is 82.2 cm³/mol. The highest BCUT2D eigenvalue weighted by molar-refractivity contribution is 6.00. The van der Waals surface area contributed by atoms with Crippen molar-refractivity contribution in [1.82, 2.24) is 9.80 Å². The van der Waals surface area contributed by atoms with Gasteiger partial charge in [-0.2, -0.15) is 0 Å². The van der Waals surface area contributed by atoms with Crippen molar-refractivity contribution in [2.45, 2.75) is 13.3 Å². The zero-order chi connectivity index (χ0) is 15.1. The molecule has 0 aliphatic rings. The quantitative estimate of drug-likeness (QED) is 0.772. The number of para-hydroxylation sites is 1. The average Bonchev–Trinajstić information content (AvgIpc) is 2.42. The number of rotatable bonds is 7. The van der Waals surface area contributed by atoms with Gasteiger partial charge in [0, 0.05) is 19.6 Å². The first-order valence-corrected chi connectivity index (χ1v) is 6.87. The van der Waals surface area contributed by atoms with Crippen molar-refractivity contribution in [2.75, 3.05) is 46.6 Å². The van der Waals surface area contributed by atoms with Crippen LogP contribution in [0, 0.1) is 0 Å². The standard InChI is InChI=1S/C15H25N3O2/c1-5-9-18(11-10-17(2)3)15(19)12-7-6-8-13(20-4)14(12)16/h6-8H,5,9-11,16H2,1-4H3. The minimum atomic E-state index is -0.0369. The molecule has 112 valence electrons. The monoisotopic (exact) mass is 279 g/mol. The van der Waals surface area contributed by atoms with Gasteiger partial charge >= 0.3 is 0 Å². The topological polar surface area (TPSA) is 58.8 Å². The van der Waals surface area contributed by atoms with Gasteiger partial charge in [0.25, 0.3) is 5.91 Å². The lowest BCUT2D eigenvalue weighted by atomic mass is 10.1. The summed E-state index contributed by atoms with van der Waals surface area (Å²) in [5, 5.41) is 0. The zero-order valence-corrected chi connectivity index (χ0v) is 12.8. The Balaban J connectivity index is 2.94. The van der Waals surface area contributed by atoms with Gasteiger partial charge in [0.05, 0.1) is 18.4 Å². The number of likely N-dealkylation sites (N-methyl/N-ethyl adjacent to an activating group) is 1. The number of benzene rings is 1. The Morgan fingerprint density at radius 2 is 1.95 bits per heavy atom. The van der Waals surface area contributed by atoms with Crippen LogP contribution in [0.3, 0.4) is 0 Å². The number of carbonyl (C=O) groups excluding carboxylic acids is 1. The molecule has 1 rings (SSSR count). The number of hydrogen-bond acceptors (Lipinski definition) is 4. The van der Waals surface area contributed by atoms with Crippen LogP contribution in [0.4, 0.5) is 5.69 Å². The number of methoxy groups -OCH3 is 1. The molecular formula is C15H25N3O2. The molecule has 5 heteroatoms. The minimum absolute atomic E-state index is 0.0369. The van der Waals surface area contributed by atoms with E-state index in [-0.39, 0.29) is 5.91 Å². The number of nitrogen functional groups attached to an aromatic ring is 1. The lowest BCUT2D eigenvalue weighted by Gasteiger charge is -2.24. The average molecular weight is 279 g/mol. The van der Waals surface area contributed by atoms with Crippen LogP contribution in [0.2, 0.25) is 0 Å². The molecule has 1 amide bonds. The number of nitrogens with two attached hydrogens (primary N) is 1. The van der Waals surface area contributed by atoms with Crippen LogP contribution >= 0.6 is 0 Å². The summed E-state index contributed by atoms with van der Waals surface area (Å²) in [7, 11) is 5.54. The van der Waals surface area contributed by atoms with Gasteiger partial charge in [0.2, 0.25) is 0 Å². The number of ether oxygens (including phenoxy) is 1. The highest BCUT2D eigenvalue weighted by atomic mass is 16.5. The van der Waals surface area contributed by atoms with E-state index >= 15 is 0 Å². The molecule has 0 unspecified atom stereocenters. The lowest BCUT2D eigenvalue weighted by Crippen LogP contribution is -2.37. The van der Waals surface area contributed by atoms with Crippen molar-refractivity contribution in [3.8, 4) is 5.75 Å². The maximum Gasteiger partial charge on any atom is 0.256 e. The first-order valence-electron chi connectivity index (χ1n) is 6.87. The van der Waals surface area contributed by atoms with Crippen LogP contribution in [0.1, 0.15) is 23.7 Å². The number of hydrogen-bond donors (Lipinski definition) is 1. The molecule has 5 nitrogen and oxygen atoms in total. The van der Waals surface area contributed by atoms with Crippen molar-refractivity contribution in [3.05, 3.63) is 23.8 Å². The molecule has 0 fully saturated rings. The number of amides is 1. The molecular weight excluding hydrogens is 254 g/mol. The molecule has 1 aromatic carbocycles. The largest absolute Gasteiger partial charge is 0.495 e. The Morgan fingerprint density at radius 1 is 1.25 bits per heavy atom. The van der Waals surface area contributed by atoms with E-state index < -0.39 is 0 Å². The summed E-state index contributed by atoms with van der Waals surface area (Å²) in [6.45, 7) is 4.31. The smallest absolute Gasteiger partial charge is 0.256 e. The first kappa shape index (κ1) is 16.3. The van der Waals surface area contributed by atoms with Crippen LogP contribution in [0.15, 0.2) is 18.2 Å². The summed E-state index contributed by atoms with van der Waals surface area (Å²) in [5.41, 5.74) is 6.92. The van der Waals surface area contributed by atoms with Crippen molar-refractivity contribution < 1.29 is 9.53 Å².